The van der Waals surface area contributed by atoms with E-state index in [4.69, 9.17) is 4.74 Å². The molecule has 3 heteroatoms. The van der Waals surface area contributed by atoms with Crippen molar-refractivity contribution in [3.63, 3.8) is 0 Å². The zero-order chi connectivity index (χ0) is 24.2. The van der Waals surface area contributed by atoms with Gasteiger partial charge in [-0.2, -0.15) is 0 Å². The Hall–Kier alpha value is -0.860. The summed E-state index contributed by atoms with van der Waals surface area (Å²) in [5.41, 5.74) is 0. The smallest absolute Gasteiger partial charge is 0.306 e. The lowest BCUT2D eigenvalue weighted by Crippen LogP contribution is -2.27. The van der Waals surface area contributed by atoms with E-state index < -0.39 is 0 Å². The van der Waals surface area contributed by atoms with Crippen LogP contribution in [0.2, 0.25) is 0 Å². The summed E-state index contributed by atoms with van der Waals surface area (Å²) in [7, 11) is 0. The normalized spacial score (nSPS) is 18.2. The van der Waals surface area contributed by atoms with Crippen LogP contribution in [-0.2, 0) is 14.3 Å². The fraction of sp³-hybridized carbons (Fsp3) is 0.933. The first-order valence-electron chi connectivity index (χ1n) is 14.7. The molecule has 3 unspecified atom stereocenters. The highest BCUT2D eigenvalue weighted by Gasteiger charge is 2.24. The van der Waals surface area contributed by atoms with Crippen molar-refractivity contribution in [3.8, 4) is 0 Å². The Bertz CT molecular complexity index is 487. The van der Waals surface area contributed by atoms with Crippen molar-refractivity contribution in [2.24, 2.45) is 11.8 Å². The van der Waals surface area contributed by atoms with Crippen molar-refractivity contribution in [3.05, 3.63) is 0 Å². The van der Waals surface area contributed by atoms with Gasteiger partial charge in [-0.25, -0.2) is 0 Å². The van der Waals surface area contributed by atoms with Gasteiger partial charge in [0.15, 0.2) is 0 Å². The van der Waals surface area contributed by atoms with Crippen molar-refractivity contribution in [1.82, 2.24) is 0 Å². The van der Waals surface area contributed by atoms with E-state index in [1.165, 1.54) is 109 Å². The van der Waals surface area contributed by atoms with Gasteiger partial charge in [-0.05, 0) is 24.7 Å². The first kappa shape index (κ1) is 30.2. The van der Waals surface area contributed by atoms with Gasteiger partial charge in [0.2, 0.25) is 0 Å². The van der Waals surface area contributed by atoms with Crippen molar-refractivity contribution in [1.29, 1.82) is 0 Å². The maximum atomic E-state index is 12.4. The number of unbranched alkanes of at least 4 members (excludes halogenated alkanes) is 15. The molecule has 1 heterocycles. The van der Waals surface area contributed by atoms with Gasteiger partial charge < -0.3 is 4.74 Å². The minimum atomic E-state index is -0.165. The molecular formula is C30H56O3. The fourth-order valence-corrected chi connectivity index (χ4v) is 5.12. The third kappa shape index (κ3) is 17.3. The lowest BCUT2D eigenvalue weighted by molar-refractivity contribution is -0.154. The van der Waals surface area contributed by atoms with Crippen LogP contribution in [0, 0.1) is 11.8 Å². The topological polar surface area (TPSA) is 43.4 Å². The van der Waals surface area contributed by atoms with Crippen LogP contribution in [0.3, 0.4) is 0 Å². The van der Waals surface area contributed by atoms with Crippen molar-refractivity contribution >= 4 is 11.8 Å². The number of hydrogen-bond acceptors (Lipinski definition) is 3. The largest absolute Gasteiger partial charge is 0.462 e. The Morgan fingerprint density at radius 1 is 0.788 bits per heavy atom. The van der Waals surface area contributed by atoms with Gasteiger partial charge in [-0.1, -0.05) is 130 Å². The summed E-state index contributed by atoms with van der Waals surface area (Å²) in [4.78, 5) is 23.7. The molecule has 0 aromatic rings. The van der Waals surface area contributed by atoms with Crippen LogP contribution in [0.25, 0.3) is 0 Å². The van der Waals surface area contributed by atoms with Crippen LogP contribution >= 0.6 is 0 Å². The molecule has 0 spiro atoms. The van der Waals surface area contributed by atoms with E-state index in [0.717, 1.165) is 12.8 Å². The minimum absolute atomic E-state index is 0.135. The van der Waals surface area contributed by atoms with Gasteiger partial charge in [0.05, 0.1) is 0 Å². The van der Waals surface area contributed by atoms with E-state index in [1.54, 1.807) is 0 Å². The number of esters is 1. The SMILES string of the molecule is CCCCCCCCCCCCCCCCCCC(C)C(C)CC(=O)CC1CCCC(=O)O1. The molecule has 0 saturated carbocycles. The molecular weight excluding hydrogens is 408 g/mol. The predicted molar refractivity (Wildman–Crippen MR) is 140 cm³/mol. The van der Waals surface area contributed by atoms with E-state index in [1.807, 2.05) is 0 Å². The quantitative estimate of drug-likeness (QED) is 0.118. The summed E-state index contributed by atoms with van der Waals surface area (Å²) in [5, 5.41) is 0. The summed E-state index contributed by atoms with van der Waals surface area (Å²) in [6.07, 6.45) is 26.8. The first-order chi connectivity index (χ1) is 16.0. The number of cyclic esters (lactones) is 1. The van der Waals surface area contributed by atoms with Crippen molar-refractivity contribution in [2.45, 2.75) is 168 Å². The zero-order valence-corrected chi connectivity index (χ0v) is 22.5. The summed E-state index contributed by atoms with van der Waals surface area (Å²) in [5.74, 6) is 1.15. The minimum Gasteiger partial charge on any atom is -0.462 e. The predicted octanol–water partition coefficient (Wildman–Crippen LogP) is 9.36. The third-order valence-electron chi connectivity index (χ3n) is 7.69. The molecule has 0 radical (unpaired) electrons. The van der Waals surface area contributed by atoms with Gasteiger partial charge in [-0.15, -0.1) is 0 Å². The van der Waals surface area contributed by atoms with Crippen molar-refractivity contribution in [2.75, 3.05) is 0 Å². The highest BCUT2D eigenvalue weighted by Crippen LogP contribution is 2.24. The van der Waals surface area contributed by atoms with E-state index in [0.29, 0.717) is 31.1 Å². The van der Waals surface area contributed by atoms with Gasteiger partial charge in [-0.3, -0.25) is 9.59 Å². The Balaban J connectivity index is 1.87. The average Bonchev–Trinajstić information content (AvgIpc) is 2.78. The second-order valence-electron chi connectivity index (χ2n) is 11.0. The third-order valence-corrected chi connectivity index (χ3v) is 7.69. The monoisotopic (exact) mass is 464 g/mol. The van der Waals surface area contributed by atoms with E-state index >= 15 is 0 Å². The van der Waals surface area contributed by atoms with Gasteiger partial charge in [0.1, 0.15) is 11.9 Å². The number of ketones is 1. The number of carbonyl (C=O) groups is 2. The lowest BCUT2D eigenvalue weighted by atomic mass is 9.86. The van der Waals surface area contributed by atoms with Gasteiger partial charge >= 0.3 is 5.97 Å². The van der Waals surface area contributed by atoms with Crippen LogP contribution in [0.15, 0.2) is 0 Å². The molecule has 0 aliphatic carbocycles. The maximum Gasteiger partial charge on any atom is 0.306 e. The molecule has 0 amide bonds. The maximum absolute atomic E-state index is 12.4. The van der Waals surface area contributed by atoms with Crippen molar-refractivity contribution < 1.29 is 14.3 Å². The molecule has 0 bridgehead atoms. The molecule has 0 aromatic carbocycles. The second kappa shape index (κ2) is 20.5. The Labute approximate surface area is 206 Å². The lowest BCUT2D eigenvalue weighted by Gasteiger charge is -2.23. The Morgan fingerprint density at radius 3 is 1.76 bits per heavy atom. The molecule has 1 saturated heterocycles. The van der Waals surface area contributed by atoms with Crippen LogP contribution in [0.1, 0.15) is 162 Å². The van der Waals surface area contributed by atoms with Gasteiger partial charge in [0, 0.05) is 19.3 Å². The molecule has 3 nitrogen and oxygen atoms in total. The molecule has 1 aliphatic rings. The molecule has 0 aromatic heterocycles. The van der Waals surface area contributed by atoms with Crippen LogP contribution < -0.4 is 0 Å². The number of hydrogen-bond donors (Lipinski definition) is 0. The van der Waals surface area contributed by atoms with Gasteiger partial charge in [0.25, 0.3) is 0 Å². The molecule has 194 valence electrons. The fourth-order valence-electron chi connectivity index (χ4n) is 5.12. The summed E-state index contributed by atoms with van der Waals surface area (Å²) in [6, 6.07) is 0. The number of carbonyl (C=O) groups excluding carboxylic acids is 2. The Morgan fingerprint density at radius 2 is 1.27 bits per heavy atom. The summed E-state index contributed by atoms with van der Waals surface area (Å²) >= 11 is 0. The number of ether oxygens (including phenoxy) is 1. The molecule has 33 heavy (non-hydrogen) atoms. The highest BCUT2D eigenvalue weighted by atomic mass is 16.5. The molecule has 3 atom stereocenters. The van der Waals surface area contributed by atoms with E-state index in [2.05, 4.69) is 20.8 Å². The Kier molecular flexibility index (Phi) is 18.7. The van der Waals surface area contributed by atoms with E-state index in [9.17, 15) is 9.59 Å². The zero-order valence-electron chi connectivity index (χ0n) is 22.5. The number of Topliss-reactive ketones (excluding diaryl/α,β-unsaturated/α-hetero) is 1. The van der Waals surface area contributed by atoms with Crippen LogP contribution in [-0.4, -0.2) is 17.9 Å². The average molecular weight is 465 g/mol. The highest BCUT2D eigenvalue weighted by molar-refractivity contribution is 5.80. The van der Waals surface area contributed by atoms with Crippen LogP contribution in [0.4, 0.5) is 0 Å². The van der Waals surface area contributed by atoms with E-state index in [-0.39, 0.29) is 17.9 Å². The standard InChI is InChI=1S/C30H56O3/c1-4-5-6-7-8-9-10-11-12-13-14-15-16-17-18-19-21-26(2)27(3)24-28(31)25-29-22-20-23-30(32)33-29/h26-27,29H,4-25H2,1-3H3. The number of rotatable bonds is 22. The molecule has 1 rings (SSSR count). The van der Waals surface area contributed by atoms with Crippen LogP contribution in [0.5, 0.6) is 0 Å². The second-order valence-corrected chi connectivity index (χ2v) is 11.0. The molecule has 1 aliphatic heterocycles. The first-order valence-corrected chi connectivity index (χ1v) is 14.7. The summed E-state index contributed by atoms with van der Waals surface area (Å²) < 4.78 is 5.30. The summed E-state index contributed by atoms with van der Waals surface area (Å²) in [6.45, 7) is 6.79. The molecule has 0 N–H and O–H groups in total. The molecule has 1 fully saturated rings.